The molecule has 1 aliphatic rings. The molecule has 1 atom stereocenters. The van der Waals surface area contributed by atoms with Gasteiger partial charge in [-0.15, -0.1) is 0 Å². The molecule has 0 spiro atoms. The maximum absolute atomic E-state index is 11.8. The highest BCUT2D eigenvalue weighted by Crippen LogP contribution is 2.27. The van der Waals surface area contributed by atoms with E-state index < -0.39 is 23.6 Å². The fraction of sp³-hybridized carbons (Fsp3) is 0.0909. The first-order valence-electron chi connectivity index (χ1n) is 4.69. The van der Waals surface area contributed by atoms with Crippen LogP contribution in [-0.2, 0) is 4.79 Å². The summed E-state index contributed by atoms with van der Waals surface area (Å²) >= 11 is 0. The van der Waals surface area contributed by atoms with Crippen LogP contribution in [0.3, 0.4) is 0 Å². The van der Waals surface area contributed by atoms with Gasteiger partial charge in [0.1, 0.15) is 0 Å². The predicted octanol–water partition coefficient (Wildman–Crippen LogP) is 0.984. The number of carbonyl (C=O) groups excluding carboxylic acids is 1. The van der Waals surface area contributed by atoms with Crippen LogP contribution in [0.5, 0.6) is 0 Å². The number of hydrogen-bond donors (Lipinski definition) is 2. The zero-order chi connectivity index (χ0) is 12.6. The molecule has 0 bridgehead atoms. The van der Waals surface area contributed by atoms with E-state index in [0.717, 1.165) is 12.3 Å². The molecule has 2 rings (SSSR count). The lowest BCUT2D eigenvalue weighted by Gasteiger charge is -2.14. The summed E-state index contributed by atoms with van der Waals surface area (Å²) in [6, 6.07) is 3.84. The van der Waals surface area contributed by atoms with E-state index in [1.807, 2.05) is 0 Å². The highest BCUT2D eigenvalue weighted by atomic mass is 16.4. The zero-order valence-corrected chi connectivity index (χ0v) is 8.45. The number of nitrogens with zero attached hydrogens (tertiary/aromatic N) is 1. The van der Waals surface area contributed by atoms with E-state index in [-0.39, 0.29) is 16.8 Å². The van der Waals surface area contributed by atoms with E-state index in [0.29, 0.717) is 0 Å². The molecule has 1 aromatic rings. The van der Waals surface area contributed by atoms with Crippen LogP contribution < -0.4 is 0 Å². The Labute approximate surface area is 95.2 Å². The van der Waals surface area contributed by atoms with Crippen LogP contribution in [0.25, 0.3) is 0 Å². The second-order valence-electron chi connectivity index (χ2n) is 3.50. The maximum Gasteiger partial charge on any atom is 0.335 e. The molecule has 2 N–H and O–H groups in total. The van der Waals surface area contributed by atoms with Crippen molar-refractivity contribution in [3.63, 3.8) is 0 Å². The number of aliphatic carboxylic acids is 1. The molecule has 6 heteroatoms. The highest BCUT2D eigenvalue weighted by Gasteiger charge is 2.30. The standard InChI is InChI=1S/C11H7NO5/c13-9-6-3-5(10(14)15)1-2-8(6)12-4-7(9)11(16)17/h1-4,7H,(H,14,15)(H,16,17). The number of benzene rings is 1. The minimum absolute atomic E-state index is 0.0276. The Morgan fingerprint density at radius 2 is 1.94 bits per heavy atom. The van der Waals surface area contributed by atoms with Gasteiger partial charge in [-0.05, 0) is 18.2 Å². The maximum atomic E-state index is 11.8. The van der Waals surface area contributed by atoms with Crippen molar-refractivity contribution >= 4 is 29.6 Å². The van der Waals surface area contributed by atoms with Gasteiger partial charge >= 0.3 is 11.9 Å². The number of aromatic carboxylic acids is 1. The van der Waals surface area contributed by atoms with Crippen LogP contribution in [0.1, 0.15) is 20.7 Å². The van der Waals surface area contributed by atoms with Gasteiger partial charge < -0.3 is 10.2 Å². The first-order chi connectivity index (χ1) is 8.00. The van der Waals surface area contributed by atoms with E-state index >= 15 is 0 Å². The summed E-state index contributed by atoms with van der Waals surface area (Å²) in [5.74, 6) is -4.47. The molecule has 0 saturated carbocycles. The van der Waals surface area contributed by atoms with Crippen molar-refractivity contribution < 1.29 is 24.6 Å². The van der Waals surface area contributed by atoms with Crippen LogP contribution in [0.2, 0.25) is 0 Å². The number of Topliss-reactive ketones (excluding diaryl/α,β-unsaturated/α-hetero) is 1. The Morgan fingerprint density at radius 1 is 1.24 bits per heavy atom. The van der Waals surface area contributed by atoms with Crippen LogP contribution >= 0.6 is 0 Å². The summed E-state index contributed by atoms with van der Waals surface area (Å²) < 4.78 is 0. The van der Waals surface area contributed by atoms with Crippen LogP contribution in [0, 0.1) is 5.92 Å². The Balaban J connectivity index is 2.52. The summed E-state index contributed by atoms with van der Waals surface area (Å²) in [6.07, 6.45) is 1.05. The van der Waals surface area contributed by atoms with E-state index in [1.165, 1.54) is 12.1 Å². The molecule has 1 aromatic carbocycles. The fourth-order valence-corrected chi connectivity index (χ4v) is 1.54. The van der Waals surface area contributed by atoms with Crippen molar-refractivity contribution in [3.8, 4) is 0 Å². The minimum Gasteiger partial charge on any atom is -0.480 e. The first-order valence-corrected chi connectivity index (χ1v) is 4.69. The van der Waals surface area contributed by atoms with Crippen molar-refractivity contribution in [2.45, 2.75) is 0 Å². The number of carbonyl (C=O) groups is 3. The molecular weight excluding hydrogens is 226 g/mol. The summed E-state index contributed by atoms with van der Waals surface area (Å²) in [5.41, 5.74) is 0.246. The third kappa shape index (κ3) is 1.80. The first kappa shape index (κ1) is 11.0. The zero-order valence-electron chi connectivity index (χ0n) is 8.45. The van der Waals surface area contributed by atoms with E-state index in [4.69, 9.17) is 10.2 Å². The van der Waals surface area contributed by atoms with Crippen molar-refractivity contribution in [2.75, 3.05) is 0 Å². The minimum atomic E-state index is -1.34. The number of aliphatic imine (C=N–C) groups is 1. The number of carboxylic acid groups (broad SMARTS) is 2. The number of rotatable bonds is 2. The highest BCUT2D eigenvalue weighted by molar-refractivity contribution is 6.22. The summed E-state index contributed by atoms with van der Waals surface area (Å²) in [6.45, 7) is 0. The lowest BCUT2D eigenvalue weighted by atomic mass is 9.93. The quantitative estimate of drug-likeness (QED) is 0.741. The molecule has 0 aliphatic carbocycles. The normalized spacial score (nSPS) is 17.6. The lowest BCUT2D eigenvalue weighted by molar-refractivity contribution is -0.137. The van der Waals surface area contributed by atoms with Crippen molar-refractivity contribution in [3.05, 3.63) is 29.3 Å². The van der Waals surface area contributed by atoms with E-state index in [1.54, 1.807) is 0 Å². The number of hydrogen-bond acceptors (Lipinski definition) is 4. The molecule has 0 fully saturated rings. The SMILES string of the molecule is O=C(O)c1ccc2c(c1)C(=O)C(C(=O)O)C=N2. The van der Waals surface area contributed by atoms with Gasteiger partial charge in [0.2, 0.25) is 0 Å². The fourth-order valence-electron chi connectivity index (χ4n) is 1.54. The average molecular weight is 233 g/mol. The van der Waals surface area contributed by atoms with Gasteiger partial charge in [-0.1, -0.05) is 0 Å². The Bertz CT molecular complexity index is 561. The van der Waals surface area contributed by atoms with E-state index in [9.17, 15) is 14.4 Å². The number of fused-ring (bicyclic) bond motifs is 1. The third-order valence-corrected chi connectivity index (χ3v) is 2.42. The van der Waals surface area contributed by atoms with Gasteiger partial charge in [0.15, 0.2) is 11.7 Å². The third-order valence-electron chi connectivity index (χ3n) is 2.42. The molecule has 0 radical (unpaired) electrons. The molecule has 17 heavy (non-hydrogen) atoms. The van der Waals surface area contributed by atoms with Crippen molar-refractivity contribution in [2.24, 2.45) is 10.9 Å². The molecule has 0 aromatic heterocycles. The van der Waals surface area contributed by atoms with Gasteiger partial charge in [0.25, 0.3) is 0 Å². The summed E-state index contributed by atoms with van der Waals surface area (Å²) in [7, 11) is 0. The molecule has 1 heterocycles. The van der Waals surface area contributed by atoms with Crippen LogP contribution in [-0.4, -0.2) is 34.1 Å². The van der Waals surface area contributed by atoms with Crippen LogP contribution in [0.15, 0.2) is 23.2 Å². The van der Waals surface area contributed by atoms with Gasteiger partial charge in [0, 0.05) is 11.8 Å². The van der Waals surface area contributed by atoms with Crippen molar-refractivity contribution in [1.29, 1.82) is 0 Å². The smallest absolute Gasteiger partial charge is 0.335 e. The molecule has 1 unspecified atom stereocenters. The summed E-state index contributed by atoms with van der Waals surface area (Å²) in [4.78, 5) is 37.1. The molecule has 86 valence electrons. The second-order valence-corrected chi connectivity index (χ2v) is 3.50. The average Bonchev–Trinajstić information content (AvgIpc) is 2.28. The van der Waals surface area contributed by atoms with Gasteiger partial charge in [0.05, 0.1) is 11.3 Å². The van der Waals surface area contributed by atoms with Crippen molar-refractivity contribution in [1.82, 2.24) is 0 Å². The second kappa shape index (κ2) is 3.82. The topological polar surface area (TPSA) is 104 Å². The Kier molecular flexibility index (Phi) is 2.47. The Hall–Kier alpha value is -2.50. The largest absolute Gasteiger partial charge is 0.480 e. The van der Waals surface area contributed by atoms with Gasteiger partial charge in [-0.25, -0.2) is 4.79 Å². The Morgan fingerprint density at radius 3 is 2.53 bits per heavy atom. The summed E-state index contributed by atoms with van der Waals surface area (Å²) in [5, 5.41) is 17.6. The van der Waals surface area contributed by atoms with Gasteiger partial charge in [-0.3, -0.25) is 14.6 Å². The van der Waals surface area contributed by atoms with Crippen LogP contribution in [0.4, 0.5) is 5.69 Å². The van der Waals surface area contributed by atoms with E-state index in [2.05, 4.69) is 4.99 Å². The molecular formula is C11H7NO5. The number of ketones is 1. The predicted molar refractivity (Wildman–Crippen MR) is 57.0 cm³/mol. The number of carboxylic acids is 2. The van der Waals surface area contributed by atoms with Gasteiger partial charge in [-0.2, -0.15) is 0 Å². The molecule has 6 nitrogen and oxygen atoms in total. The molecule has 0 saturated heterocycles. The monoisotopic (exact) mass is 233 g/mol. The molecule has 1 aliphatic heterocycles. The lowest BCUT2D eigenvalue weighted by Crippen LogP contribution is -2.27. The molecule has 0 amide bonds.